The summed E-state index contributed by atoms with van der Waals surface area (Å²) in [6.45, 7) is 1.18. The summed E-state index contributed by atoms with van der Waals surface area (Å²) in [7, 11) is 1.62. The Morgan fingerprint density at radius 2 is 2.31 bits per heavy atom. The lowest BCUT2D eigenvalue weighted by atomic mass is 10.2. The van der Waals surface area contributed by atoms with Gasteiger partial charge in [0.05, 0.1) is 6.42 Å². The van der Waals surface area contributed by atoms with E-state index in [0.717, 1.165) is 6.42 Å². The van der Waals surface area contributed by atoms with Crippen LogP contribution in [0.2, 0.25) is 0 Å². The Kier molecular flexibility index (Phi) is 5.22. The predicted molar refractivity (Wildman–Crippen MR) is 61.8 cm³/mol. The van der Waals surface area contributed by atoms with Gasteiger partial charge in [0.25, 0.3) is 5.56 Å². The van der Waals surface area contributed by atoms with Crippen molar-refractivity contribution in [1.82, 2.24) is 4.57 Å². The zero-order chi connectivity index (χ0) is 12.0. The van der Waals surface area contributed by atoms with E-state index in [-0.39, 0.29) is 12.0 Å². The van der Waals surface area contributed by atoms with Gasteiger partial charge in [-0.15, -0.1) is 0 Å². The summed E-state index contributed by atoms with van der Waals surface area (Å²) in [6, 6.07) is 3.36. The van der Waals surface area contributed by atoms with Crippen LogP contribution in [-0.2, 0) is 22.5 Å². The van der Waals surface area contributed by atoms with Gasteiger partial charge >= 0.3 is 0 Å². The number of aryl methyl sites for hydroxylation is 1. The van der Waals surface area contributed by atoms with Crippen molar-refractivity contribution in [2.45, 2.75) is 19.4 Å². The van der Waals surface area contributed by atoms with Crippen LogP contribution < -0.4 is 5.56 Å². The topological polar surface area (TPSA) is 48.3 Å². The van der Waals surface area contributed by atoms with E-state index >= 15 is 0 Å². The van der Waals surface area contributed by atoms with Crippen molar-refractivity contribution in [2.24, 2.45) is 0 Å². The maximum atomic E-state index is 11.8. The SMILES string of the molecule is COCCCn1cccc(CC(=O)Cl)c1=O. The van der Waals surface area contributed by atoms with E-state index in [2.05, 4.69) is 0 Å². The average molecular weight is 244 g/mol. The van der Waals surface area contributed by atoms with Gasteiger partial charge in [0.15, 0.2) is 0 Å². The quantitative estimate of drug-likeness (QED) is 0.557. The molecule has 0 fully saturated rings. The van der Waals surface area contributed by atoms with Gasteiger partial charge in [0.1, 0.15) is 0 Å². The monoisotopic (exact) mass is 243 g/mol. The van der Waals surface area contributed by atoms with Gasteiger partial charge in [-0.3, -0.25) is 9.59 Å². The Morgan fingerprint density at radius 1 is 1.56 bits per heavy atom. The van der Waals surface area contributed by atoms with Crippen LogP contribution in [0, 0.1) is 0 Å². The molecule has 0 aliphatic carbocycles. The number of rotatable bonds is 6. The van der Waals surface area contributed by atoms with Crippen LogP contribution in [0.15, 0.2) is 23.1 Å². The van der Waals surface area contributed by atoms with Gasteiger partial charge < -0.3 is 9.30 Å². The van der Waals surface area contributed by atoms with Crippen LogP contribution in [-0.4, -0.2) is 23.5 Å². The van der Waals surface area contributed by atoms with Gasteiger partial charge in [0, 0.05) is 32.0 Å². The molecule has 1 heterocycles. The molecule has 4 nitrogen and oxygen atoms in total. The summed E-state index contributed by atoms with van der Waals surface area (Å²) in [4.78, 5) is 22.5. The molecular weight excluding hydrogens is 230 g/mol. The van der Waals surface area contributed by atoms with Crippen LogP contribution in [0.5, 0.6) is 0 Å². The number of nitrogens with zero attached hydrogens (tertiary/aromatic N) is 1. The smallest absolute Gasteiger partial charge is 0.254 e. The third-order valence-corrected chi connectivity index (χ3v) is 2.31. The Bertz CT molecular complexity index is 414. The fourth-order valence-corrected chi connectivity index (χ4v) is 1.57. The van der Waals surface area contributed by atoms with Crippen LogP contribution in [0.3, 0.4) is 0 Å². The number of halogens is 1. The van der Waals surface area contributed by atoms with Gasteiger partial charge in [-0.1, -0.05) is 6.07 Å². The Balaban J connectivity index is 2.78. The molecule has 0 bridgehead atoms. The normalized spacial score (nSPS) is 10.4. The average Bonchev–Trinajstić information content (AvgIpc) is 2.23. The second kappa shape index (κ2) is 6.45. The Labute approximate surface area is 98.8 Å². The van der Waals surface area contributed by atoms with Crippen molar-refractivity contribution < 1.29 is 9.53 Å². The van der Waals surface area contributed by atoms with Crippen LogP contribution in [0.25, 0.3) is 0 Å². The molecule has 0 radical (unpaired) electrons. The first kappa shape index (κ1) is 12.9. The molecule has 0 aliphatic heterocycles. The summed E-state index contributed by atoms with van der Waals surface area (Å²) < 4.78 is 6.47. The second-order valence-corrected chi connectivity index (χ2v) is 3.83. The fourth-order valence-electron chi connectivity index (χ4n) is 1.43. The second-order valence-electron chi connectivity index (χ2n) is 3.41. The third-order valence-electron chi connectivity index (χ3n) is 2.18. The van der Waals surface area contributed by atoms with Crippen molar-refractivity contribution >= 4 is 16.8 Å². The molecule has 1 rings (SSSR count). The standard InChI is InChI=1S/C11H14ClNO3/c1-16-7-3-6-13-5-2-4-9(11(13)15)8-10(12)14/h2,4-5H,3,6-8H2,1H3. The van der Waals surface area contributed by atoms with Crippen LogP contribution in [0.1, 0.15) is 12.0 Å². The molecule has 0 aliphatic rings. The molecular formula is C11H14ClNO3. The van der Waals surface area contributed by atoms with E-state index in [1.54, 1.807) is 30.0 Å². The molecule has 88 valence electrons. The maximum Gasteiger partial charge on any atom is 0.254 e. The first-order valence-corrected chi connectivity index (χ1v) is 5.38. The van der Waals surface area contributed by atoms with E-state index in [9.17, 15) is 9.59 Å². The lowest BCUT2D eigenvalue weighted by Gasteiger charge is -2.06. The van der Waals surface area contributed by atoms with Gasteiger partial charge in [-0.2, -0.15) is 0 Å². The molecule has 1 aromatic heterocycles. The van der Waals surface area contributed by atoms with Crippen molar-refractivity contribution in [3.63, 3.8) is 0 Å². The van der Waals surface area contributed by atoms with E-state index < -0.39 is 5.24 Å². The van der Waals surface area contributed by atoms with Gasteiger partial charge in [-0.25, -0.2) is 0 Å². The highest BCUT2D eigenvalue weighted by molar-refractivity contribution is 6.63. The molecule has 5 heteroatoms. The molecule has 0 atom stereocenters. The predicted octanol–water partition coefficient (Wildman–Crippen LogP) is 1.19. The fraction of sp³-hybridized carbons (Fsp3) is 0.455. The summed E-state index contributed by atoms with van der Waals surface area (Å²) in [5, 5.41) is -0.522. The first-order valence-electron chi connectivity index (χ1n) is 5.00. The number of ether oxygens (including phenoxy) is 1. The number of hydrogen-bond donors (Lipinski definition) is 0. The van der Waals surface area contributed by atoms with E-state index in [1.807, 2.05) is 0 Å². The van der Waals surface area contributed by atoms with E-state index in [4.69, 9.17) is 16.3 Å². The summed E-state index contributed by atoms with van der Waals surface area (Å²) in [5.41, 5.74) is 0.271. The lowest BCUT2D eigenvalue weighted by molar-refractivity contribution is -0.111. The summed E-state index contributed by atoms with van der Waals surface area (Å²) in [5.74, 6) is 0. The number of hydrogen-bond acceptors (Lipinski definition) is 3. The van der Waals surface area contributed by atoms with Crippen LogP contribution >= 0.6 is 11.6 Å². The number of pyridine rings is 1. The number of carbonyl (C=O) groups is 1. The highest BCUT2D eigenvalue weighted by atomic mass is 35.5. The molecule has 0 spiro atoms. The lowest BCUT2D eigenvalue weighted by Crippen LogP contribution is -2.24. The Hall–Kier alpha value is -1.13. The molecule has 0 saturated heterocycles. The Morgan fingerprint density at radius 3 is 2.94 bits per heavy atom. The van der Waals surface area contributed by atoms with Crippen LogP contribution in [0.4, 0.5) is 0 Å². The largest absolute Gasteiger partial charge is 0.385 e. The number of aromatic nitrogens is 1. The van der Waals surface area contributed by atoms with E-state index in [1.165, 1.54) is 0 Å². The molecule has 0 unspecified atom stereocenters. The maximum absolute atomic E-state index is 11.8. The minimum atomic E-state index is -0.522. The minimum absolute atomic E-state index is 0.0223. The number of carbonyl (C=O) groups excluding carboxylic acids is 1. The number of methoxy groups -OCH3 is 1. The van der Waals surface area contributed by atoms with Crippen molar-refractivity contribution in [2.75, 3.05) is 13.7 Å². The summed E-state index contributed by atoms with van der Waals surface area (Å²) in [6.07, 6.45) is 2.43. The molecule has 0 N–H and O–H groups in total. The molecule has 16 heavy (non-hydrogen) atoms. The third kappa shape index (κ3) is 3.79. The van der Waals surface area contributed by atoms with Gasteiger partial charge in [0.2, 0.25) is 5.24 Å². The van der Waals surface area contributed by atoms with Crippen molar-refractivity contribution in [3.8, 4) is 0 Å². The molecule has 0 aromatic carbocycles. The zero-order valence-corrected chi connectivity index (χ0v) is 9.87. The highest BCUT2D eigenvalue weighted by Crippen LogP contribution is 1.97. The first-order chi connectivity index (χ1) is 7.65. The van der Waals surface area contributed by atoms with E-state index in [0.29, 0.717) is 18.7 Å². The zero-order valence-electron chi connectivity index (χ0n) is 9.11. The van der Waals surface area contributed by atoms with Gasteiger partial charge in [-0.05, 0) is 24.1 Å². The highest BCUT2D eigenvalue weighted by Gasteiger charge is 2.06. The molecule has 0 amide bonds. The molecule has 0 saturated carbocycles. The summed E-state index contributed by atoms with van der Waals surface area (Å²) >= 11 is 5.26. The minimum Gasteiger partial charge on any atom is -0.385 e. The molecule has 1 aromatic rings. The van der Waals surface area contributed by atoms with Crippen molar-refractivity contribution in [3.05, 3.63) is 34.2 Å². The van der Waals surface area contributed by atoms with Crippen molar-refractivity contribution in [1.29, 1.82) is 0 Å².